The molecule has 8 nitrogen and oxygen atoms in total. The molecule has 0 saturated carbocycles. The van der Waals surface area contributed by atoms with Crippen LogP contribution in [0.5, 0.6) is 5.75 Å². The van der Waals surface area contributed by atoms with Gasteiger partial charge in [-0.3, -0.25) is 13.9 Å². The predicted molar refractivity (Wildman–Crippen MR) is 163 cm³/mol. The molecule has 2 amide bonds. The van der Waals surface area contributed by atoms with Crippen LogP contribution in [0.15, 0.2) is 71.6 Å². The lowest BCUT2D eigenvalue weighted by molar-refractivity contribution is -0.140. The summed E-state index contributed by atoms with van der Waals surface area (Å²) in [7, 11) is -4.28. The van der Waals surface area contributed by atoms with E-state index in [1.54, 1.807) is 63.2 Å². The molecule has 0 aliphatic carbocycles. The molecular weight excluding hydrogens is 609 g/mol. The number of amides is 2. The number of para-hydroxylation sites is 2. The first-order valence-corrected chi connectivity index (χ1v) is 15.6. The first kappa shape index (κ1) is 32.5. The van der Waals surface area contributed by atoms with Crippen LogP contribution in [0.2, 0.25) is 15.1 Å². The molecule has 12 heteroatoms. The zero-order chi connectivity index (χ0) is 30.2. The Morgan fingerprint density at radius 3 is 2.22 bits per heavy atom. The standard InChI is InChI=1S/C29H32Cl3N3O5S/c1-4-25(29(37)33-5-2)34(18-20-11-16-23(31)24(32)17-20)28(36)19-35(26-9-7-8-10-27(26)40-6-3)41(38,39)22-14-12-21(30)13-15-22/h7-17,25H,4-6,18-19H2,1-3H3,(H,33,37)/t25-/m0/s1. The fourth-order valence-corrected chi connectivity index (χ4v) is 6.11. The summed E-state index contributed by atoms with van der Waals surface area (Å²) >= 11 is 18.3. The van der Waals surface area contributed by atoms with E-state index in [9.17, 15) is 18.0 Å². The Morgan fingerprint density at radius 1 is 0.927 bits per heavy atom. The Balaban J connectivity index is 2.12. The van der Waals surface area contributed by atoms with E-state index in [0.29, 0.717) is 33.6 Å². The largest absolute Gasteiger partial charge is 0.492 e. The van der Waals surface area contributed by atoms with Gasteiger partial charge in [-0.2, -0.15) is 0 Å². The van der Waals surface area contributed by atoms with Crippen LogP contribution in [0.25, 0.3) is 0 Å². The van der Waals surface area contributed by atoms with Crippen molar-refractivity contribution in [3.63, 3.8) is 0 Å². The van der Waals surface area contributed by atoms with Crippen molar-refractivity contribution in [1.82, 2.24) is 10.2 Å². The minimum atomic E-state index is -4.28. The fourth-order valence-electron chi connectivity index (χ4n) is 4.23. The molecule has 0 saturated heterocycles. The summed E-state index contributed by atoms with van der Waals surface area (Å²) < 4.78 is 34.8. The number of likely N-dealkylation sites (N-methyl/N-ethyl adjacent to an activating group) is 1. The van der Waals surface area contributed by atoms with Crippen LogP contribution in [0.1, 0.15) is 32.8 Å². The lowest BCUT2D eigenvalue weighted by Crippen LogP contribution is -2.52. The van der Waals surface area contributed by atoms with Crippen LogP contribution in [0.3, 0.4) is 0 Å². The van der Waals surface area contributed by atoms with Crippen LogP contribution in [-0.2, 0) is 26.2 Å². The number of nitrogens with zero attached hydrogens (tertiary/aromatic N) is 2. The quantitative estimate of drug-likeness (QED) is 0.241. The lowest BCUT2D eigenvalue weighted by Gasteiger charge is -2.33. The van der Waals surface area contributed by atoms with Gasteiger partial charge in [0.15, 0.2) is 0 Å². The lowest BCUT2D eigenvalue weighted by atomic mass is 10.1. The number of sulfonamides is 1. The summed E-state index contributed by atoms with van der Waals surface area (Å²) in [5.74, 6) is -0.671. The third kappa shape index (κ3) is 8.07. The summed E-state index contributed by atoms with van der Waals surface area (Å²) in [6.45, 7) is 5.36. The van der Waals surface area contributed by atoms with Gasteiger partial charge >= 0.3 is 0 Å². The fraction of sp³-hybridized carbons (Fsp3) is 0.310. The maximum Gasteiger partial charge on any atom is 0.264 e. The van der Waals surface area contributed by atoms with Gasteiger partial charge in [0.1, 0.15) is 18.3 Å². The average Bonchev–Trinajstić information content (AvgIpc) is 2.94. The summed E-state index contributed by atoms with van der Waals surface area (Å²) in [5.41, 5.74) is 0.801. The molecule has 220 valence electrons. The van der Waals surface area contributed by atoms with Gasteiger partial charge in [-0.05, 0) is 74.4 Å². The zero-order valence-corrected chi connectivity index (χ0v) is 26.0. The van der Waals surface area contributed by atoms with Crippen molar-refractivity contribution in [2.24, 2.45) is 0 Å². The van der Waals surface area contributed by atoms with Gasteiger partial charge in [-0.15, -0.1) is 0 Å². The molecule has 0 radical (unpaired) electrons. The molecule has 0 spiro atoms. The molecule has 0 aliphatic heterocycles. The maximum atomic E-state index is 14.1. The number of hydrogen-bond acceptors (Lipinski definition) is 5. The number of ether oxygens (including phenoxy) is 1. The second kappa shape index (κ2) is 14.8. The SMILES string of the molecule is CCNC(=O)[C@H](CC)N(Cc1ccc(Cl)c(Cl)c1)C(=O)CN(c1ccccc1OCC)S(=O)(=O)c1ccc(Cl)cc1. The highest BCUT2D eigenvalue weighted by Crippen LogP contribution is 2.33. The molecule has 0 heterocycles. The van der Waals surface area contributed by atoms with Gasteiger partial charge < -0.3 is 15.0 Å². The number of nitrogens with one attached hydrogen (secondary N) is 1. The van der Waals surface area contributed by atoms with Gasteiger partial charge in [0, 0.05) is 18.1 Å². The van der Waals surface area contributed by atoms with Crippen molar-refractivity contribution in [3.05, 3.63) is 87.4 Å². The second-order valence-corrected chi connectivity index (χ2v) is 12.1. The van der Waals surface area contributed by atoms with E-state index in [1.165, 1.54) is 29.2 Å². The smallest absolute Gasteiger partial charge is 0.264 e. The molecule has 1 N–H and O–H groups in total. The molecule has 3 aromatic rings. The van der Waals surface area contributed by atoms with E-state index < -0.39 is 28.5 Å². The van der Waals surface area contributed by atoms with Crippen molar-refractivity contribution in [2.45, 2.75) is 44.7 Å². The van der Waals surface area contributed by atoms with Gasteiger partial charge in [-0.25, -0.2) is 8.42 Å². The Hall–Kier alpha value is -2.98. The molecule has 1 atom stereocenters. The highest BCUT2D eigenvalue weighted by Gasteiger charge is 2.34. The van der Waals surface area contributed by atoms with E-state index in [4.69, 9.17) is 39.5 Å². The van der Waals surface area contributed by atoms with E-state index >= 15 is 0 Å². The number of benzene rings is 3. The molecule has 0 bridgehead atoms. The predicted octanol–water partition coefficient (Wildman–Crippen LogP) is 6.18. The molecule has 0 aromatic heterocycles. The summed E-state index contributed by atoms with van der Waals surface area (Å²) in [6.07, 6.45) is 0.290. The van der Waals surface area contributed by atoms with Crippen molar-refractivity contribution < 1.29 is 22.7 Å². The first-order chi connectivity index (χ1) is 19.5. The van der Waals surface area contributed by atoms with Crippen LogP contribution in [-0.4, -0.2) is 50.9 Å². The van der Waals surface area contributed by atoms with Crippen molar-refractivity contribution in [2.75, 3.05) is 24.0 Å². The number of halogens is 3. The van der Waals surface area contributed by atoms with Crippen LogP contribution in [0, 0.1) is 0 Å². The highest BCUT2D eigenvalue weighted by molar-refractivity contribution is 7.92. The number of anilines is 1. The van der Waals surface area contributed by atoms with E-state index in [0.717, 1.165) is 4.31 Å². The third-order valence-corrected chi connectivity index (χ3v) is 8.95. The summed E-state index contributed by atoms with van der Waals surface area (Å²) in [4.78, 5) is 28.5. The molecule has 3 aromatic carbocycles. The zero-order valence-electron chi connectivity index (χ0n) is 22.9. The molecule has 0 unspecified atom stereocenters. The second-order valence-electron chi connectivity index (χ2n) is 8.96. The Bertz CT molecular complexity index is 1470. The van der Waals surface area contributed by atoms with Gasteiger partial charge in [-0.1, -0.05) is 59.9 Å². The first-order valence-electron chi connectivity index (χ1n) is 13.0. The molecular formula is C29H32Cl3N3O5S. The maximum absolute atomic E-state index is 14.1. The third-order valence-electron chi connectivity index (χ3n) is 6.19. The van der Waals surface area contributed by atoms with E-state index in [-0.39, 0.29) is 35.4 Å². The minimum Gasteiger partial charge on any atom is -0.492 e. The Labute approximate surface area is 256 Å². The van der Waals surface area contributed by atoms with Crippen molar-refractivity contribution in [3.8, 4) is 5.75 Å². The minimum absolute atomic E-state index is 0.00664. The van der Waals surface area contributed by atoms with E-state index in [1.807, 2.05) is 0 Å². The average molecular weight is 641 g/mol. The van der Waals surface area contributed by atoms with Crippen molar-refractivity contribution >= 4 is 62.3 Å². The van der Waals surface area contributed by atoms with Crippen LogP contribution >= 0.6 is 34.8 Å². The summed E-state index contributed by atoms with van der Waals surface area (Å²) in [5, 5.41) is 3.76. The molecule has 3 rings (SSSR count). The van der Waals surface area contributed by atoms with Gasteiger partial charge in [0.05, 0.1) is 27.2 Å². The van der Waals surface area contributed by atoms with Gasteiger partial charge in [0.2, 0.25) is 11.8 Å². The number of rotatable bonds is 13. The highest BCUT2D eigenvalue weighted by atomic mass is 35.5. The van der Waals surface area contributed by atoms with E-state index in [2.05, 4.69) is 5.32 Å². The number of hydrogen-bond donors (Lipinski definition) is 1. The number of carbonyl (C=O) groups excluding carboxylic acids is 2. The van der Waals surface area contributed by atoms with Crippen LogP contribution < -0.4 is 14.4 Å². The number of carbonyl (C=O) groups is 2. The molecule has 41 heavy (non-hydrogen) atoms. The topological polar surface area (TPSA) is 96.0 Å². The monoisotopic (exact) mass is 639 g/mol. The van der Waals surface area contributed by atoms with Gasteiger partial charge in [0.25, 0.3) is 10.0 Å². The normalized spacial score (nSPS) is 12.0. The van der Waals surface area contributed by atoms with Crippen LogP contribution in [0.4, 0.5) is 5.69 Å². The summed E-state index contributed by atoms with van der Waals surface area (Å²) in [6, 6.07) is 16.3. The Kier molecular flexibility index (Phi) is 11.7. The van der Waals surface area contributed by atoms with Crippen molar-refractivity contribution in [1.29, 1.82) is 0 Å². The molecule has 0 fully saturated rings. The molecule has 0 aliphatic rings. The Morgan fingerprint density at radius 2 is 1.61 bits per heavy atom.